The number of aliphatic hydroxyl groups is 1. The summed E-state index contributed by atoms with van der Waals surface area (Å²) in [5, 5.41) is 18.6. The van der Waals surface area contributed by atoms with Crippen molar-refractivity contribution < 1.29 is 18.8 Å². The minimum atomic E-state index is -0.276. The zero-order valence-electron chi connectivity index (χ0n) is 25.3. The lowest BCUT2D eigenvalue weighted by Gasteiger charge is -2.35. The van der Waals surface area contributed by atoms with Crippen molar-refractivity contribution in [3.8, 4) is 0 Å². The Hall–Kier alpha value is -4.20. The highest BCUT2D eigenvalue weighted by Crippen LogP contribution is 2.38. The van der Waals surface area contributed by atoms with Crippen LogP contribution >= 0.6 is 0 Å². The number of nitrogens with zero attached hydrogens (tertiary/aromatic N) is 2. The summed E-state index contributed by atoms with van der Waals surface area (Å²) >= 11 is 0. The highest BCUT2D eigenvalue weighted by molar-refractivity contribution is 5.83. The van der Waals surface area contributed by atoms with E-state index in [-0.39, 0.29) is 30.5 Å². The molecule has 1 aliphatic heterocycles. The number of nitrogens with one attached hydrogen (secondary N) is 1. The Kier molecular flexibility index (Phi) is 8.19. The Morgan fingerprint density at radius 1 is 1.00 bits per heavy atom. The highest BCUT2D eigenvalue weighted by Gasteiger charge is 2.33. The van der Waals surface area contributed by atoms with Gasteiger partial charge in [-0.05, 0) is 81.0 Å². The first-order chi connectivity index (χ1) is 20.8. The van der Waals surface area contributed by atoms with Crippen molar-refractivity contribution in [2.45, 2.75) is 65.1 Å². The second-order valence-electron chi connectivity index (χ2n) is 11.9. The predicted molar refractivity (Wildman–Crippen MR) is 167 cm³/mol. The molecule has 1 fully saturated rings. The van der Waals surface area contributed by atoms with Crippen LogP contribution in [0.25, 0.3) is 11.0 Å². The quantitative estimate of drug-likeness (QED) is 0.215. The van der Waals surface area contributed by atoms with Crippen LogP contribution in [-0.4, -0.2) is 40.3 Å². The van der Waals surface area contributed by atoms with Crippen molar-refractivity contribution in [3.63, 3.8) is 0 Å². The Balaban J connectivity index is 1.26. The van der Waals surface area contributed by atoms with E-state index in [4.69, 9.17) is 8.94 Å². The SMILES string of the molecule is Cc1ccc(C(NC(=O)Cc2ccc3oc(C(c4c(C)noc4C)N4CCC(O)CC4)cc3c2)c2ccccc2)c(C)c1. The molecule has 0 saturated carbocycles. The summed E-state index contributed by atoms with van der Waals surface area (Å²) in [6.07, 6.45) is 1.40. The molecule has 2 N–H and O–H groups in total. The smallest absolute Gasteiger partial charge is 0.225 e. The zero-order valence-corrected chi connectivity index (χ0v) is 25.3. The third-order valence-corrected chi connectivity index (χ3v) is 8.63. The number of aromatic nitrogens is 1. The fraction of sp³-hybridized carbons (Fsp3) is 0.333. The van der Waals surface area contributed by atoms with E-state index in [0.717, 1.165) is 69.1 Å². The second-order valence-corrected chi connectivity index (χ2v) is 11.9. The number of hydrogen-bond donors (Lipinski definition) is 2. The summed E-state index contributed by atoms with van der Waals surface area (Å²) in [6, 6.07) is 24.1. The van der Waals surface area contributed by atoms with Crippen LogP contribution in [0.4, 0.5) is 0 Å². The number of benzene rings is 3. The summed E-state index contributed by atoms with van der Waals surface area (Å²) in [5.41, 5.74) is 8.02. The van der Waals surface area contributed by atoms with E-state index in [1.54, 1.807) is 0 Å². The van der Waals surface area contributed by atoms with Crippen LogP contribution in [0.1, 0.15) is 75.5 Å². The maximum absolute atomic E-state index is 13.5. The zero-order chi connectivity index (χ0) is 30.1. The maximum atomic E-state index is 13.5. The number of fused-ring (bicyclic) bond motifs is 1. The molecule has 5 aromatic rings. The molecule has 1 saturated heterocycles. The Labute approximate surface area is 252 Å². The fourth-order valence-electron chi connectivity index (χ4n) is 6.42. The number of piperidine rings is 1. The first-order valence-corrected chi connectivity index (χ1v) is 15.1. The van der Waals surface area contributed by atoms with Crippen LogP contribution in [0.5, 0.6) is 0 Å². The lowest BCUT2D eigenvalue weighted by atomic mass is 9.93. The molecule has 1 amide bonds. The van der Waals surface area contributed by atoms with Crippen molar-refractivity contribution >= 4 is 16.9 Å². The molecule has 7 nitrogen and oxygen atoms in total. The lowest BCUT2D eigenvalue weighted by Crippen LogP contribution is -2.39. The molecule has 7 heteroatoms. The van der Waals surface area contributed by atoms with Gasteiger partial charge in [0.15, 0.2) is 0 Å². The number of hydrogen-bond acceptors (Lipinski definition) is 6. The number of aliphatic hydroxyl groups excluding tert-OH is 1. The number of aryl methyl sites for hydroxylation is 4. The van der Waals surface area contributed by atoms with Gasteiger partial charge in [-0.25, -0.2) is 0 Å². The van der Waals surface area contributed by atoms with Gasteiger partial charge in [-0.2, -0.15) is 0 Å². The monoisotopic (exact) mass is 577 g/mol. The molecule has 3 aromatic carbocycles. The molecule has 43 heavy (non-hydrogen) atoms. The Morgan fingerprint density at radius 2 is 1.77 bits per heavy atom. The number of rotatable bonds is 8. The van der Waals surface area contributed by atoms with Crippen molar-refractivity contribution in [3.05, 3.63) is 123 Å². The van der Waals surface area contributed by atoms with Gasteiger partial charge in [0.05, 0.1) is 30.3 Å². The highest BCUT2D eigenvalue weighted by atomic mass is 16.5. The Bertz CT molecular complexity index is 1710. The van der Waals surface area contributed by atoms with E-state index in [2.05, 4.69) is 65.6 Å². The molecule has 0 aliphatic carbocycles. The fourth-order valence-corrected chi connectivity index (χ4v) is 6.42. The summed E-state index contributed by atoms with van der Waals surface area (Å²) < 4.78 is 12.0. The molecule has 3 heterocycles. The first kappa shape index (κ1) is 28.9. The van der Waals surface area contributed by atoms with Gasteiger partial charge in [-0.1, -0.05) is 65.3 Å². The molecule has 0 bridgehead atoms. The normalized spacial score (nSPS) is 15.9. The molecule has 6 rings (SSSR count). The molecule has 0 radical (unpaired) electrons. The standard InChI is InChI=1S/C36H39N3O4/c1-22-10-12-30(23(2)18-22)35(27-8-6-5-7-9-27)37-33(41)20-26-11-13-31-28(19-26)21-32(42-31)36(34-24(3)38-43-25(34)4)39-16-14-29(40)15-17-39/h5-13,18-19,21,29,35-36,40H,14-17,20H2,1-4H3,(H,37,41). The molecule has 1 aliphatic rings. The van der Waals surface area contributed by atoms with Gasteiger partial charge in [0, 0.05) is 24.0 Å². The van der Waals surface area contributed by atoms with E-state index in [0.29, 0.717) is 12.8 Å². The van der Waals surface area contributed by atoms with Crippen LogP contribution in [0.15, 0.2) is 81.7 Å². The van der Waals surface area contributed by atoms with Gasteiger partial charge in [-0.3, -0.25) is 9.69 Å². The summed E-state index contributed by atoms with van der Waals surface area (Å²) in [7, 11) is 0. The Morgan fingerprint density at radius 3 is 2.47 bits per heavy atom. The predicted octanol–water partition coefficient (Wildman–Crippen LogP) is 6.65. The third-order valence-electron chi connectivity index (χ3n) is 8.63. The van der Waals surface area contributed by atoms with Crippen LogP contribution in [0, 0.1) is 27.7 Å². The lowest BCUT2D eigenvalue weighted by molar-refractivity contribution is -0.120. The molecule has 222 valence electrons. The van der Waals surface area contributed by atoms with Crippen molar-refractivity contribution in [1.29, 1.82) is 0 Å². The molecule has 2 atom stereocenters. The van der Waals surface area contributed by atoms with Gasteiger partial charge >= 0.3 is 0 Å². The minimum Gasteiger partial charge on any atom is -0.459 e. The molecule has 2 aromatic heterocycles. The van der Waals surface area contributed by atoms with Gasteiger partial charge < -0.3 is 19.4 Å². The molecule has 0 spiro atoms. The number of carbonyl (C=O) groups is 1. The first-order valence-electron chi connectivity index (χ1n) is 15.1. The van der Waals surface area contributed by atoms with Gasteiger partial charge in [-0.15, -0.1) is 0 Å². The number of amides is 1. The van der Waals surface area contributed by atoms with E-state index >= 15 is 0 Å². The van der Waals surface area contributed by atoms with E-state index in [1.165, 1.54) is 5.56 Å². The van der Waals surface area contributed by atoms with E-state index in [9.17, 15) is 9.90 Å². The van der Waals surface area contributed by atoms with Crippen molar-refractivity contribution in [2.75, 3.05) is 13.1 Å². The summed E-state index contributed by atoms with van der Waals surface area (Å²) in [5.74, 6) is 1.53. The topological polar surface area (TPSA) is 91.7 Å². The van der Waals surface area contributed by atoms with E-state index < -0.39 is 0 Å². The summed E-state index contributed by atoms with van der Waals surface area (Å²) in [6.45, 7) is 9.57. The third kappa shape index (κ3) is 6.14. The average Bonchev–Trinajstić information content (AvgIpc) is 3.56. The van der Waals surface area contributed by atoms with Gasteiger partial charge in [0.2, 0.25) is 5.91 Å². The van der Waals surface area contributed by atoms with Gasteiger partial charge in [0.25, 0.3) is 0 Å². The van der Waals surface area contributed by atoms with Crippen LogP contribution in [-0.2, 0) is 11.2 Å². The van der Waals surface area contributed by atoms with Crippen molar-refractivity contribution in [1.82, 2.24) is 15.4 Å². The number of carbonyl (C=O) groups excluding carboxylic acids is 1. The van der Waals surface area contributed by atoms with E-state index in [1.807, 2.05) is 50.2 Å². The second kappa shape index (κ2) is 12.2. The maximum Gasteiger partial charge on any atom is 0.225 e. The molecular weight excluding hydrogens is 538 g/mol. The van der Waals surface area contributed by atoms with Crippen LogP contribution in [0.2, 0.25) is 0 Å². The van der Waals surface area contributed by atoms with Crippen LogP contribution in [0.3, 0.4) is 0 Å². The number of likely N-dealkylation sites (tertiary alicyclic amines) is 1. The van der Waals surface area contributed by atoms with Gasteiger partial charge in [0.1, 0.15) is 17.1 Å². The molecule has 2 unspecified atom stereocenters. The molecular formula is C36H39N3O4. The van der Waals surface area contributed by atoms with Crippen molar-refractivity contribution in [2.24, 2.45) is 0 Å². The summed E-state index contributed by atoms with van der Waals surface area (Å²) in [4.78, 5) is 15.8. The largest absolute Gasteiger partial charge is 0.459 e. The van der Waals surface area contributed by atoms with Crippen LogP contribution < -0.4 is 5.32 Å². The number of furan rings is 1. The minimum absolute atomic E-state index is 0.0441. The average molecular weight is 578 g/mol.